The van der Waals surface area contributed by atoms with Crippen molar-refractivity contribution in [1.29, 1.82) is 0 Å². The van der Waals surface area contributed by atoms with Gasteiger partial charge in [-0.3, -0.25) is 4.99 Å². The first-order chi connectivity index (χ1) is 13.5. The van der Waals surface area contributed by atoms with Crippen LogP contribution in [0.5, 0.6) is 11.5 Å². The van der Waals surface area contributed by atoms with Gasteiger partial charge < -0.3 is 25.0 Å². The number of aliphatic imine (C=N–C) groups is 1. The van der Waals surface area contributed by atoms with Gasteiger partial charge in [-0.25, -0.2) is 0 Å². The number of hydrogen-bond donors (Lipinski definition) is 2. The maximum Gasteiger partial charge on any atom is 0.191 e. The van der Waals surface area contributed by atoms with Crippen molar-refractivity contribution in [3.05, 3.63) is 59.2 Å². The normalized spacial score (nSPS) is 11.0. The molecule has 2 rings (SSSR count). The lowest BCUT2D eigenvalue weighted by atomic mass is 10.1. The zero-order chi connectivity index (χ0) is 20.4. The zero-order valence-electron chi connectivity index (χ0n) is 18.0. The molecule has 160 valence electrons. The van der Waals surface area contributed by atoms with E-state index < -0.39 is 0 Å². The lowest BCUT2D eigenvalue weighted by Crippen LogP contribution is -2.37. The van der Waals surface area contributed by atoms with Crippen molar-refractivity contribution in [2.75, 3.05) is 41.9 Å². The Labute approximate surface area is 191 Å². The molecule has 0 fully saturated rings. The van der Waals surface area contributed by atoms with Crippen LogP contribution in [0.3, 0.4) is 0 Å². The van der Waals surface area contributed by atoms with Crippen molar-refractivity contribution in [2.24, 2.45) is 4.99 Å². The van der Waals surface area contributed by atoms with Gasteiger partial charge in [-0.2, -0.15) is 0 Å². The highest BCUT2D eigenvalue weighted by Crippen LogP contribution is 2.27. The first-order valence-corrected chi connectivity index (χ1v) is 9.43. The van der Waals surface area contributed by atoms with E-state index in [0.29, 0.717) is 0 Å². The van der Waals surface area contributed by atoms with E-state index in [1.54, 1.807) is 21.3 Å². The predicted octanol–water partition coefficient (Wildman–Crippen LogP) is 3.29. The first-order valence-electron chi connectivity index (χ1n) is 9.43. The van der Waals surface area contributed by atoms with Crippen LogP contribution < -0.4 is 20.1 Å². The summed E-state index contributed by atoms with van der Waals surface area (Å²) in [5.74, 6) is 2.28. The summed E-state index contributed by atoms with van der Waals surface area (Å²) in [6.07, 6.45) is 0.860. The average molecular weight is 512 g/mol. The number of benzene rings is 2. The van der Waals surface area contributed by atoms with Crippen LogP contribution in [0.1, 0.15) is 16.7 Å². The van der Waals surface area contributed by atoms with E-state index in [4.69, 9.17) is 9.47 Å². The molecule has 0 heterocycles. The van der Waals surface area contributed by atoms with E-state index >= 15 is 0 Å². The van der Waals surface area contributed by atoms with Crippen molar-refractivity contribution in [3.8, 4) is 11.5 Å². The third kappa shape index (κ3) is 8.49. The summed E-state index contributed by atoms with van der Waals surface area (Å²) in [5, 5.41) is 6.73. The lowest BCUT2D eigenvalue weighted by Gasteiger charge is -2.14. The van der Waals surface area contributed by atoms with E-state index in [1.165, 1.54) is 16.7 Å². The van der Waals surface area contributed by atoms with E-state index in [1.807, 2.05) is 12.1 Å². The molecule has 6 nitrogen and oxygen atoms in total. The molecule has 7 heteroatoms. The minimum absolute atomic E-state index is 0. The highest BCUT2D eigenvalue weighted by atomic mass is 127. The summed E-state index contributed by atoms with van der Waals surface area (Å²) in [4.78, 5) is 6.48. The Balaban J connectivity index is 0.00000420. The van der Waals surface area contributed by atoms with Gasteiger partial charge in [0.05, 0.1) is 14.2 Å². The standard InChI is InChI=1S/C22H32N4O2.HI/c1-23-22(25-15-18-7-6-8-19(13-18)16-26(2)3)24-12-11-17-9-10-20(27-4)21(14-17)28-5;/h6-10,13-14H,11-12,15-16H2,1-5H3,(H2,23,24,25);1H. The van der Waals surface area contributed by atoms with Crippen molar-refractivity contribution in [1.82, 2.24) is 15.5 Å². The molecule has 2 N–H and O–H groups in total. The van der Waals surface area contributed by atoms with Crippen LogP contribution in [0, 0.1) is 0 Å². The van der Waals surface area contributed by atoms with Gasteiger partial charge in [0.25, 0.3) is 0 Å². The van der Waals surface area contributed by atoms with E-state index in [2.05, 4.69) is 65.0 Å². The Morgan fingerprint density at radius 1 is 0.931 bits per heavy atom. The fourth-order valence-electron chi connectivity index (χ4n) is 2.97. The molecule has 0 saturated heterocycles. The summed E-state index contributed by atoms with van der Waals surface area (Å²) in [6, 6.07) is 14.6. The molecule has 2 aromatic carbocycles. The minimum atomic E-state index is 0. The predicted molar refractivity (Wildman–Crippen MR) is 131 cm³/mol. The quantitative estimate of drug-likeness (QED) is 0.307. The van der Waals surface area contributed by atoms with Crippen molar-refractivity contribution in [3.63, 3.8) is 0 Å². The van der Waals surface area contributed by atoms with Gasteiger partial charge in [0.1, 0.15) is 0 Å². The lowest BCUT2D eigenvalue weighted by molar-refractivity contribution is 0.354. The molecular weight excluding hydrogens is 479 g/mol. The highest BCUT2D eigenvalue weighted by molar-refractivity contribution is 14.0. The van der Waals surface area contributed by atoms with Crippen molar-refractivity contribution in [2.45, 2.75) is 19.5 Å². The van der Waals surface area contributed by atoms with Crippen LogP contribution in [0.15, 0.2) is 47.5 Å². The number of hydrogen-bond acceptors (Lipinski definition) is 4. The maximum atomic E-state index is 5.36. The third-order valence-electron chi connectivity index (χ3n) is 4.33. The molecule has 0 aromatic heterocycles. The van der Waals surface area contributed by atoms with Crippen LogP contribution in [0.25, 0.3) is 0 Å². The number of ether oxygens (including phenoxy) is 2. The number of methoxy groups -OCH3 is 2. The van der Waals surface area contributed by atoms with Crippen molar-refractivity contribution < 1.29 is 9.47 Å². The Morgan fingerprint density at radius 2 is 1.66 bits per heavy atom. The van der Waals surface area contributed by atoms with Gasteiger partial charge in [-0.05, 0) is 49.3 Å². The molecule has 0 amide bonds. The molecule has 0 radical (unpaired) electrons. The number of rotatable bonds is 9. The van der Waals surface area contributed by atoms with E-state index in [9.17, 15) is 0 Å². The topological polar surface area (TPSA) is 58.1 Å². The van der Waals surface area contributed by atoms with Crippen LogP contribution in [0.2, 0.25) is 0 Å². The Bertz CT molecular complexity index is 781. The molecule has 0 saturated carbocycles. The maximum absolute atomic E-state index is 5.36. The second kappa shape index (κ2) is 13.3. The number of nitrogens with one attached hydrogen (secondary N) is 2. The molecule has 0 aliphatic rings. The minimum Gasteiger partial charge on any atom is -0.493 e. The van der Waals surface area contributed by atoms with Crippen LogP contribution >= 0.6 is 24.0 Å². The summed E-state index contributed by atoms with van der Waals surface area (Å²) in [7, 11) is 9.24. The molecular formula is C22H33IN4O2. The molecule has 0 atom stereocenters. The number of nitrogens with zero attached hydrogens (tertiary/aromatic N) is 2. The Kier molecular flexibility index (Phi) is 11.5. The number of guanidine groups is 1. The summed E-state index contributed by atoms with van der Waals surface area (Å²) >= 11 is 0. The molecule has 0 spiro atoms. The number of halogens is 1. The Morgan fingerprint density at radius 3 is 2.31 bits per heavy atom. The second-order valence-electron chi connectivity index (χ2n) is 6.85. The van der Waals surface area contributed by atoms with E-state index in [-0.39, 0.29) is 24.0 Å². The van der Waals surface area contributed by atoms with Gasteiger partial charge in [0.15, 0.2) is 17.5 Å². The van der Waals surface area contributed by atoms with Gasteiger partial charge >= 0.3 is 0 Å². The highest BCUT2D eigenvalue weighted by Gasteiger charge is 2.05. The Hall–Kier alpha value is -2.00. The molecule has 29 heavy (non-hydrogen) atoms. The summed E-state index contributed by atoms with van der Waals surface area (Å²) in [6.45, 7) is 2.44. The molecule has 0 bridgehead atoms. The van der Waals surface area contributed by atoms with Gasteiger partial charge in [-0.1, -0.05) is 30.3 Å². The fraction of sp³-hybridized carbons (Fsp3) is 0.409. The van der Waals surface area contributed by atoms with Crippen LogP contribution in [-0.4, -0.2) is 52.8 Å². The zero-order valence-corrected chi connectivity index (χ0v) is 20.3. The first kappa shape index (κ1) is 25.0. The van der Waals surface area contributed by atoms with Gasteiger partial charge in [0, 0.05) is 26.7 Å². The van der Waals surface area contributed by atoms with Crippen molar-refractivity contribution >= 4 is 29.9 Å². The largest absolute Gasteiger partial charge is 0.493 e. The molecule has 0 aliphatic carbocycles. The second-order valence-corrected chi connectivity index (χ2v) is 6.85. The fourth-order valence-corrected chi connectivity index (χ4v) is 2.97. The van der Waals surface area contributed by atoms with Crippen LogP contribution in [-0.2, 0) is 19.5 Å². The molecule has 0 unspecified atom stereocenters. The molecule has 0 aliphatic heterocycles. The average Bonchev–Trinajstić information content (AvgIpc) is 2.70. The van der Waals surface area contributed by atoms with Gasteiger partial charge in [-0.15, -0.1) is 24.0 Å². The smallest absolute Gasteiger partial charge is 0.191 e. The van der Waals surface area contributed by atoms with Crippen LogP contribution in [0.4, 0.5) is 0 Å². The van der Waals surface area contributed by atoms with E-state index in [0.717, 1.165) is 43.5 Å². The SMILES string of the molecule is CN=C(NCCc1ccc(OC)c(OC)c1)NCc1cccc(CN(C)C)c1.I. The monoisotopic (exact) mass is 512 g/mol. The third-order valence-corrected chi connectivity index (χ3v) is 4.33. The summed E-state index contributed by atoms with van der Waals surface area (Å²) in [5.41, 5.74) is 3.72. The summed E-state index contributed by atoms with van der Waals surface area (Å²) < 4.78 is 10.6. The van der Waals surface area contributed by atoms with Gasteiger partial charge in [0.2, 0.25) is 0 Å². The molecule has 2 aromatic rings.